The van der Waals surface area contributed by atoms with Crippen LogP contribution >= 0.6 is 0 Å². The third-order valence-corrected chi connectivity index (χ3v) is 4.00. The van der Waals surface area contributed by atoms with E-state index in [1.54, 1.807) is 6.20 Å². The summed E-state index contributed by atoms with van der Waals surface area (Å²) in [6.07, 6.45) is 7.93. The largest absolute Gasteiger partial charge is 0.354 e. The molecule has 0 fully saturated rings. The molecule has 0 saturated carbocycles. The Labute approximate surface area is 145 Å². The van der Waals surface area contributed by atoms with Gasteiger partial charge >= 0.3 is 0 Å². The van der Waals surface area contributed by atoms with Crippen molar-refractivity contribution in [3.8, 4) is 5.69 Å². The van der Waals surface area contributed by atoms with Gasteiger partial charge in [0.25, 0.3) is 0 Å². The Balaban J connectivity index is 1.94. The lowest BCUT2D eigenvalue weighted by molar-refractivity contribution is 0.489. The molecule has 0 aliphatic carbocycles. The average molecular weight is 327 g/mol. The molecule has 0 radical (unpaired) electrons. The van der Waals surface area contributed by atoms with Crippen LogP contribution in [0.15, 0.2) is 48.0 Å². The second kappa shape index (κ2) is 9.11. The molecule has 0 bridgehead atoms. The van der Waals surface area contributed by atoms with Crippen molar-refractivity contribution in [2.45, 2.75) is 46.2 Å². The van der Waals surface area contributed by atoms with Gasteiger partial charge in [0.15, 0.2) is 5.96 Å². The highest BCUT2D eigenvalue weighted by atomic mass is 15.2. The second-order valence-electron chi connectivity index (χ2n) is 6.54. The number of aromatic nitrogens is 2. The summed E-state index contributed by atoms with van der Waals surface area (Å²) < 4.78 is 2.03. The number of aliphatic imine (C=N–C) groups is 1. The van der Waals surface area contributed by atoms with Crippen LogP contribution in [0.2, 0.25) is 0 Å². The van der Waals surface area contributed by atoms with E-state index in [0.29, 0.717) is 12.6 Å². The first-order chi connectivity index (χ1) is 11.6. The maximum atomic E-state index is 4.34. The first-order valence-corrected chi connectivity index (χ1v) is 8.63. The number of hydrogen-bond donors (Lipinski definition) is 2. The molecule has 1 unspecified atom stereocenters. The molecule has 130 valence electrons. The summed E-state index contributed by atoms with van der Waals surface area (Å²) in [5.74, 6) is 1.57. The summed E-state index contributed by atoms with van der Waals surface area (Å²) in [5.41, 5.74) is 2.33. The van der Waals surface area contributed by atoms with Crippen molar-refractivity contribution in [3.05, 3.63) is 48.5 Å². The quantitative estimate of drug-likeness (QED) is 0.605. The number of nitrogens with zero attached hydrogens (tertiary/aromatic N) is 3. The highest BCUT2D eigenvalue weighted by Gasteiger charge is 2.08. The zero-order valence-electron chi connectivity index (χ0n) is 15.2. The Bertz CT molecular complexity index is 631. The monoisotopic (exact) mass is 327 g/mol. The van der Waals surface area contributed by atoms with Crippen LogP contribution in [0, 0.1) is 5.92 Å². The van der Waals surface area contributed by atoms with Gasteiger partial charge < -0.3 is 15.2 Å². The van der Waals surface area contributed by atoms with E-state index >= 15 is 0 Å². The van der Waals surface area contributed by atoms with Crippen LogP contribution < -0.4 is 10.6 Å². The van der Waals surface area contributed by atoms with Crippen LogP contribution in [0.4, 0.5) is 0 Å². The van der Waals surface area contributed by atoms with Crippen molar-refractivity contribution in [1.82, 2.24) is 20.2 Å². The molecule has 0 aliphatic heterocycles. The molecule has 0 saturated heterocycles. The molecule has 2 rings (SSSR count). The van der Waals surface area contributed by atoms with Crippen LogP contribution in [0.1, 0.15) is 39.2 Å². The maximum Gasteiger partial charge on any atom is 0.191 e. The maximum absolute atomic E-state index is 4.34. The molecular weight excluding hydrogens is 298 g/mol. The van der Waals surface area contributed by atoms with E-state index in [-0.39, 0.29) is 0 Å². The number of benzene rings is 1. The molecule has 1 heterocycles. The van der Waals surface area contributed by atoms with E-state index in [4.69, 9.17) is 0 Å². The molecule has 5 heteroatoms. The Morgan fingerprint density at radius 2 is 2.00 bits per heavy atom. The van der Waals surface area contributed by atoms with E-state index < -0.39 is 0 Å². The van der Waals surface area contributed by atoms with Crippen LogP contribution in [0.25, 0.3) is 5.69 Å². The fourth-order valence-electron chi connectivity index (χ4n) is 2.58. The number of nitrogens with one attached hydrogen (secondary N) is 2. The van der Waals surface area contributed by atoms with Gasteiger partial charge in [0.1, 0.15) is 0 Å². The van der Waals surface area contributed by atoms with Crippen molar-refractivity contribution >= 4 is 5.96 Å². The summed E-state index contributed by atoms with van der Waals surface area (Å²) >= 11 is 0. The summed E-state index contributed by atoms with van der Waals surface area (Å²) in [4.78, 5) is 8.47. The minimum atomic E-state index is 0.405. The molecule has 1 atom stereocenters. The molecule has 1 aromatic carbocycles. The van der Waals surface area contributed by atoms with E-state index in [0.717, 1.165) is 24.0 Å². The number of imidazole rings is 1. The number of para-hydroxylation sites is 1. The molecule has 0 amide bonds. The molecule has 24 heavy (non-hydrogen) atoms. The smallest absolute Gasteiger partial charge is 0.191 e. The molecule has 5 nitrogen and oxygen atoms in total. The van der Waals surface area contributed by atoms with Crippen LogP contribution in [0.3, 0.4) is 0 Å². The molecule has 0 spiro atoms. The topological polar surface area (TPSA) is 54.2 Å². The van der Waals surface area contributed by atoms with Crippen molar-refractivity contribution in [2.24, 2.45) is 10.9 Å². The van der Waals surface area contributed by atoms with E-state index in [2.05, 4.69) is 59.6 Å². The van der Waals surface area contributed by atoms with E-state index in [9.17, 15) is 0 Å². The first-order valence-electron chi connectivity index (χ1n) is 8.63. The normalized spacial score (nSPS) is 13.1. The van der Waals surface area contributed by atoms with Gasteiger partial charge in [0.2, 0.25) is 0 Å². The summed E-state index contributed by atoms with van der Waals surface area (Å²) in [6.45, 7) is 7.43. The van der Waals surface area contributed by atoms with Crippen molar-refractivity contribution in [1.29, 1.82) is 0 Å². The highest BCUT2D eigenvalue weighted by Crippen LogP contribution is 2.13. The molecule has 2 aromatic rings. The predicted molar refractivity (Wildman–Crippen MR) is 100 cm³/mol. The Morgan fingerprint density at radius 3 is 2.67 bits per heavy atom. The summed E-state index contributed by atoms with van der Waals surface area (Å²) in [5, 5.41) is 6.88. The van der Waals surface area contributed by atoms with E-state index in [1.807, 2.05) is 30.2 Å². The van der Waals surface area contributed by atoms with E-state index in [1.165, 1.54) is 12.0 Å². The zero-order valence-corrected chi connectivity index (χ0v) is 15.2. The molecule has 0 aliphatic rings. The SMILES string of the molecule is CN=C(NCc1ccccc1-n1ccnc1)NC(C)CCC(C)C. The van der Waals surface area contributed by atoms with Gasteiger partial charge in [0.05, 0.1) is 12.0 Å². The number of hydrogen-bond acceptors (Lipinski definition) is 2. The van der Waals surface area contributed by atoms with Crippen molar-refractivity contribution < 1.29 is 0 Å². The van der Waals surface area contributed by atoms with Crippen molar-refractivity contribution in [2.75, 3.05) is 7.05 Å². The van der Waals surface area contributed by atoms with Crippen LogP contribution in [-0.4, -0.2) is 28.6 Å². The van der Waals surface area contributed by atoms with Gasteiger partial charge in [-0.2, -0.15) is 0 Å². The number of guanidine groups is 1. The van der Waals surface area contributed by atoms with Crippen LogP contribution in [0.5, 0.6) is 0 Å². The lowest BCUT2D eigenvalue weighted by Gasteiger charge is -2.19. The van der Waals surface area contributed by atoms with Crippen molar-refractivity contribution in [3.63, 3.8) is 0 Å². The lowest BCUT2D eigenvalue weighted by Crippen LogP contribution is -2.42. The van der Waals surface area contributed by atoms with Gasteiger partial charge in [-0.15, -0.1) is 0 Å². The fraction of sp³-hybridized carbons (Fsp3) is 0.474. The van der Waals surface area contributed by atoms with Gasteiger partial charge in [-0.25, -0.2) is 4.98 Å². The van der Waals surface area contributed by atoms with Gasteiger partial charge in [-0.05, 0) is 37.3 Å². The second-order valence-corrected chi connectivity index (χ2v) is 6.54. The number of rotatable bonds is 7. The standard InChI is InChI=1S/C19H29N5/c1-15(2)9-10-16(3)23-19(20-4)22-13-17-7-5-6-8-18(17)24-12-11-21-14-24/h5-8,11-12,14-16H,9-10,13H2,1-4H3,(H2,20,22,23). The average Bonchev–Trinajstić information content (AvgIpc) is 3.11. The minimum absolute atomic E-state index is 0.405. The van der Waals surface area contributed by atoms with Crippen LogP contribution in [-0.2, 0) is 6.54 Å². The predicted octanol–water partition coefficient (Wildman–Crippen LogP) is 3.36. The summed E-state index contributed by atoms with van der Waals surface area (Å²) in [7, 11) is 1.81. The molecule has 2 N–H and O–H groups in total. The molecule has 1 aromatic heterocycles. The molecular formula is C19H29N5. The lowest BCUT2D eigenvalue weighted by atomic mass is 10.0. The minimum Gasteiger partial charge on any atom is -0.354 e. The van der Waals surface area contributed by atoms with Gasteiger partial charge in [0, 0.05) is 32.0 Å². The Morgan fingerprint density at radius 1 is 1.21 bits per heavy atom. The van der Waals surface area contributed by atoms with Gasteiger partial charge in [-0.3, -0.25) is 4.99 Å². The third-order valence-electron chi connectivity index (χ3n) is 4.00. The fourth-order valence-corrected chi connectivity index (χ4v) is 2.58. The first kappa shape index (κ1) is 18.0. The third kappa shape index (κ3) is 5.41. The Kier molecular flexibility index (Phi) is 6.85. The highest BCUT2D eigenvalue weighted by molar-refractivity contribution is 5.80. The van der Waals surface area contributed by atoms with Gasteiger partial charge in [-0.1, -0.05) is 32.0 Å². The zero-order chi connectivity index (χ0) is 17.4. The summed E-state index contributed by atoms with van der Waals surface area (Å²) in [6, 6.07) is 8.72. The Hall–Kier alpha value is -2.30.